The highest BCUT2D eigenvalue weighted by atomic mass is 32.1. The lowest BCUT2D eigenvalue weighted by Crippen LogP contribution is -2.27. The zero-order valence-electron chi connectivity index (χ0n) is 27.7. The maximum Gasteiger partial charge on any atom is 0.348 e. The van der Waals surface area contributed by atoms with Gasteiger partial charge < -0.3 is 21.3 Å². The minimum atomic E-state index is -1.34. The van der Waals surface area contributed by atoms with Crippen LogP contribution in [-0.2, 0) is 9.63 Å². The molecular weight excluding hydrogens is 693 g/mol. The van der Waals surface area contributed by atoms with Crippen LogP contribution < -0.4 is 32.1 Å². The number of nitrogens with one attached hydrogen (secondary N) is 6. The molecule has 0 spiro atoms. The molecule has 14 nitrogen and oxygen atoms in total. The van der Waals surface area contributed by atoms with Crippen molar-refractivity contribution in [3.8, 4) is 0 Å². The van der Waals surface area contributed by atoms with Crippen molar-refractivity contribution in [2.24, 2.45) is 0 Å². The van der Waals surface area contributed by atoms with Crippen LogP contribution in [0.15, 0.2) is 48.5 Å². The topological polar surface area (TPSA) is 189 Å². The summed E-state index contributed by atoms with van der Waals surface area (Å²) in [4.78, 5) is 57.1. The fourth-order valence-corrected chi connectivity index (χ4v) is 5.43. The van der Waals surface area contributed by atoms with Gasteiger partial charge in [-0.05, 0) is 99.1 Å². The van der Waals surface area contributed by atoms with Crippen LogP contribution in [0.25, 0.3) is 0 Å². The molecule has 51 heavy (non-hydrogen) atoms. The molecule has 4 rings (SSSR count). The van der Waals surface area contributed by atoms with E-state index in [1.165, 1.54) is 32.0 Å². The number of rotatable bonds is 17. The van der Waals surface area contributed by atoms with E-state index in [2.05, 4.69) is 37.0 Å². The predicted octanol–water partition coefficient (Wildman–Crippen LogP) is 6.18. The molecule has 1 heterocycles. The van der Waals surface area contributed by atoms with Crippen molar-refractivity contribution in [3.05, 3.63) is 98.5 Å². The summed E-state index contributed by atoms with van der Waals surface area (Å²) in [6, 6.07) is 10.8. The summed E-state index contributed by atoms with van der Waals surface area (Å²) in [5.41, 5.74) is 3.10. The van der Waals surface area contributed by atoms with Crippen molar-refractivity contribution < 1.29 is 37.3 Å². The molecule has 6 N–H and O–H groups in total. The number of anilines is 5. The molecule has 0 saturated heterocycles. The van der Waals surface area contributed by atoms with Gasteiger partial charge in [0, 0.05) is 19.2 Å². The number of hydroxylamine groups is 1. The number of aryl methyl sites for hydroxylation is 2. The maximum atomic E-state index is 14.6. The molecule has 0 fully saturated rings. The fourth-order valence-electron chi connectivity index (χ4n) is 4.65. The summed E-state index contributed by atoms with van der Waals surface area (Å²) in [7, 11) is 0. The van der Waals surface area contributed by atoms with E-state index in [9.17, 15) is 37.7 Å². The average Bonchev–Trinajstić information content (AvgIpc) is 3.44. The van der Waals surface area contributed by atoms with Gasteiger partial charge in [-0.15, -0.1) is 0 Å². The molecule has 0 saturated carbocycles. The Bertz CT molecular complexity index is 1930. The number of nitrogens with zero attached hydrogens (tertiary/aromatic N) is 2. The molecule has 4 aromatic rings. The second-order valence-electron chi connectivity index (χ2n) is 11.1. The van der Waals surface area contributed by atoms with E-state index >= 15 is 0 Å². The molecule has 0 atom stereocenters. The van der Waals surface area contributed by atoms with Crippen LogP contribution in [0, 0.1) is 41.4 Å². The SMILES string of the molecule is CC(=O)Nc1cc(NCCCNCCCONC(=O)c2ccc(F)c(F)c2Nc2ccc(C)cc2F)ccc1C(=O)Nc1nc(C)c([N+](=O)[O-])s1. The van der Waals surface area contributed by atoms with Crippen molar-refractivity contribution in [2.45, 2.75) is 33.6 Å². The third-order valence-electron chi connectivity index (χ3n) is 7.08. The first-order valence-electron chi connectivity index (χ1n) is 15.6. The number of hydrogen-bond donors (Lipinski definition) is 6. The third kappa shape index (κ3) is 10.7. The Morgan fingerprint density at radius 1 is 0.882 bits per heavy atom. The summed E-state index contributed by atoms with van der Waals surface area (Å²) < 4.78 is 42.9. The second kappa shape index (κ2) is 17.9. The van der Waals surface area contributed by atoms with Crippen LogP contribution in [0.2, 0.25) is 0 Å². The highest BCUT2D eigenvalue weighted by molar-refractivity contribution is 7.19. The van der Waals surface area contributed by atoms with Crippen molar-refractivity contribution in [1.29, 1.82) is 0 Å². The van der Waals surface area contributed by atoms with Gasteiger partial charge in [0.25, 0.3) is 11.8 Å². The minimum absolute atomic E-state index is 0.0604. The first kappa shape index (κ1) is 38.2. The number of benzene rings is 3. The normalized spacial score (nSPS) is 10.8. The van der Waals surface area contributed by atoms with E-state index < -0.39 is 45.8 Å². The average molecular weight is 729 g/mol. The smallest absolute Gasteiger partial charge is 0.348 e. The molecule has 1 aromatic heterocycles. The van der Waals surface area contributed by atoms with E-state index in [4.69, 9.17) is 4.84 Å². The first-order valence-corrected chi connectivity index (χ1v) is 16.4. The van der Waals surface area contributed by atoms with Crippen LogP contribution in [-0.4, -0.2) is 53.9 Å². The van der Waals surface area contributed by atoms with E-state index in [0.29, 0.717) is 43.7 Å². The van der Waals surface area contributed by atoms with Gasteiger partial charge in [0.05, 0.1) is 39.7 Å². The molecule has 0 aliphatic carbocycles. The number of nitro groups is 1. The highest BCUT2D eigenvalue weighted by Crippen LogP contribution is 2.31. The fraction of sp³-hybridized carbons (Fsp3) is 0.273. The van der Waals surface area contributed by atoms with Gasteiger partial charge in [-0.1, -0.05) is 6.07 Å². The molecule has 0 bridgehead atoms. The zero-order chi connectivity index (χ0) is 37.1. The third-order valence-corrected chi connectivity index (χ3v) is 8.11. The van der Waals surface area contributed by atoms with Gasteiger partial charge in [0.2, 0.25) is 5.91 Å². The molecule has 0 aliphatic rings. The monoisotopic (exact) mass is 728 g/mol. The summed E-state index contributed by atoms with van der Waals surface area (Å²) >= 11 is 0.733. The Morgan fingerprint density at radius 3 is 2.33 bits per heavy atom. The number of aromatic nitrogens is 1. The van der Waals surface area contributed by atoms with Crippen molar-refractivity contribution in [3.63, 3.8) is 0 Å². The summed E-state index contributed by atoms with van der Waals surface area (Å²) in [6.07, 6.45) is 1.20. The quantitative estimate of drug-likeness (QED) is 0.0416. The maximum absolute atomic E-state index is 14.6. The molecule has 3 aromatic carbocycles. The molecule has 0 unspecified atom stereocenters. The van der Waals surface area contributed by atoms with Gasteiger partial charge in [0.15, 0.2) is 16.8 Å². The Kier molecular flexibility index (Phi) is 13.4. The van der Waals surface area contributed by atoms with Crippen molar-refractivity contribution in [1.82, 2.24) is 15.8 Å². The van der Waals surface area contributed by atoms with E-state index in [0.717, 1.165) is 23.5 Å². The number of carbonyl (C=O) groups excluding carboxylic acids is 3. The molecular formula is C33H35F3N8O6S. The number of thiazole rings is 1. The Morgan fingerprint density at radius 2 is 1.63 bits per heavy atom. The Balaban J connectivity index is 1.18. The second-order valence-corrected chi connectivity index (χ2v) is 12.1. The van der Waals surface area contributed by atoms with Gasteiger partial charge in [-0.25, -0.2) is 23.6 Å². The van der Waals surface area contributed by atoms with Crippen LogP contribution in [0.4, 0.5) is 46.1 Å². The van der Waals surface area contributed by atoms with Crippen molar-refractivity contribution >= 4 is 61.9 Å². The van der Waals surface area contributed by atoms with Gasteiger partial charge >= 0.3 is 5.00 Å². The highest BCUT2D eigenvalue weighted by Gasteiger charge is 2.22. The van der Waals surface area contributed by atoms with Gasteiger partial charge in [-0.2, -0.15) is 0 Å². The largest absolute Gasteiger partial charge is 0.385 e. The number of halogens is 3. The molecule has 0 aliphatic heterocycles. The Hall–Kier alpha value is -5.59. The van der Waals surface area contributed by atoms with Gasteiger partial charge in [0.1, 0.15) is 11.5 Å². The number of carbonyl (C=O) groups is 3. The lowest BCUT2D eigenvalue weighted by Gasteiger charge is -2.14. The van der Waals surface area contributed by atoms with E-state index in [1.54, 1.807) is 25.1 Å². The summed E-state index contributed by atoms with van der Waals surface area (Å²) in [6.45, 7) is 6.26. The molecule has 18 heteroatoms. The standard InChI is InChI=1S/C33H35F3N8O6S/c1-18-6-11-26(25(35)16-18)41-29-23(9-10-24(34)28(29)36)31(47)43-50-15-5-13-37-12-4-14-38-21-7-8-22(27(17-21)40-20(3)45)30(46)42-33-39-19(2)32(51-33)44(48)49/h6-11,16-17,37-38,41H,4-5,12-15H2,1-3H3,(H,40,45)(H,43,47)(H,39,42,46). The molecule has 0 radical (unpaired) electrons. The lowest BCUT2D eigenvalue weighted by molar-refractivity contribution is -0.380. The van der Waals surface area contributed by atoms with Crippen LogP contribution in [0.5, 0.6) is 0 Å². The molecule has 3 amide bonds. The summed E-state index contributed by atoms with van der Waals surface area (Å²) in [5, 5.41) is 25.0. The van der Waals surface area contributed by atoms with Gasteiger partial charge in [-0.3, -0.25) is 34.7 Å². The van der Waals surface area contributed by atoms with E-state index in [1.807, 2.05) is 0 Å². The van der Waals surface area contributed by atoms with Crippen LogP contribution in [0.1, 0.15) is 51.7 Å². The minimum Gasteiger partial charge on any atom is -0.385 e. The number of hydrogen-bond acceptors (Lipinski definition) is 11. The van der Waals surface area contributed by atoms with Crippen LogP contribution >= 0.6 is 11.3 Å². The van der Waals surface area contributed by atoms with E-state index in [-0.39, 0.29) is 44.9 Å². The van der Waals surface area contributed by atoms with Crippen molar-refractivity contribution in [2.75, 3.05) is 47.5 Å². The summed E-state index contributed by atoms with van der Waals surface area (Å²) in [5.74, 6) is -5.08. The Labute approximate surface area is 294 Å². The lowest BCUT2D eigenvalue weighted by atomic mass is 10.1. The number of amides is 3. The zero-order valence-corrected chi connectivity index (χ0v) is 28.6. The molecule has 270 valence electrons. The predicted molar refractivity (Wildman–Crippen MR) is 187 cm³/mol. The van der Waals surface area contributed by atoms with Crippen LogP contribution in [0.3, 0.4) is 0 Å². The first-order chi connectivity index (χ1) is 24.3.